The molecule has 3 N–H and O–H groups in total. The van der Waals surface area contributed by atoms with Crippen LogP contribution in [0, 0.1) is 0 Å². The molecule has 0 aliphatic rings. The van der Waals surface area contributed by atoms with Crippen LogP contribution in [-0.2, 0) is 0 Å². The van der Waals surface area contributed by atoms with E-state index >= 15 is 0 Å². The van der Waals surface area contributed by atoms with E-state index in [9.17, 15) is 15.0 Å². The van der Waals surface area contributed by atoms with E-state index in [1.165, 1.54) is 11.3 Å². The molecule has 0 saturated heterocycles. The van der Waals surface area contributed by atoms with E-state index in [1.54, 1.807) is 6.07 Å². The summed E-state index contributed by atoms with van der Waals surface area (Å²) in [6, 6.07) is 9.44. The van der Waals surface area contributed by atoms with E-state index in [0.29, 0.717) is 36.7 Å². The van der Waals surface area contributed by atoms with Crippen LogP contribution in [0.5, 0.6) is 5.75 Å². The van der Waals surface area contributed by atoms with E-state index < -0.39 is 0 Å². The Morgan fingerprint density at radius 1 is 0.929 bits per heavy atom. The van der Waals surface area contributed by atoms with Gasteiger partial charge >= 0.3 is 0 Å². The van der Waals surface area contributed by atoms with Gasteiger partial charge in [0.2, 0.25) is 0 Å². The van der Waals surface area contributed by atoms with Crippen LogP contribution in [0.25, 0.3) is 12.2 Å². The number of anilines is 1. The molecule has 1 aromatic heterocycles. The topological polar surface area (TPSA) is 90.2 Å². The van der Waals surface area contributed by atoms with Gasteiger partial charge in [0.25, 0.3) is 0 Å². The molecule has 0 fully saturated rings. The summed E-state index contributed by atoms with van der Waals surface area (Å²) in [5.41, 5.74) is 1.75. The van der Waals surface area contributed by atoms with Gasteiger partial charge in [-0.1, -0.05) is 0 Å². The van der Waals surface area contributed by atoms with Crippen LogP contribution in [0.2, 0.25) is 0 Å². The lowest BCUT2D eigenvalue weighted by atomic mass is 10.1. The Morgan fingerprint density at radius 3 is 2.32 bits per heavy atom. The summed E-state index contributed by atoms with van der Waals surface area (Å²) in [7, 11) is 0. The standard InChI is InChI=1S/C21H27NO5S/c23-11-1-2-14-27-21-15-18(22(9-12-24)10-13-25)5-3-17(21)4-6-19-7-8-20(16-26)28-19/h3-8,15-16,23-25H,1-2,9-14H2/b6-4+. The normalized spacial score (nSPS) is 11.1. The van der Waals surface area contributed by atoms with Gasteiger partial charge < -0.3 is 25.0 Å². The second-order valence-electron chi connectivity index (χ2n) is 6.13. The van der Waals surface area contributed by atoms with Crippen LogP contribution in [0.4, 0.5) is 5.69 Å². The van der Waals surface area contributed by atoms with Gasteiger partial charge in [0, 0.05) is 41.9 Å². The smallest absolute Gasteiger partial charge is 0.160 e. The van der Waals surface area contributed by atoms with Crippen molar-refractivity contribution in [3.05, 3.63) is 45.6 Å². The minimum atomic E-state index is -0.00815. The van der Waals surface area contributed by atoms with Crippen molar-refractivity contribution in [2.24, 2.45) is 0 Å². The Kier molecular flexibility index (Phi) is 9.71. The molecule has 0 aliphatic heterocycles. The van der Waals surface area contributed by atoms with Crippen LogP contribution >= 0.6 is 11.3 Å². The third kappa shape index (κ3) is 6.76. The highest BCUT2D eigenvalue weighted by atomic mass is 32.1. The van der Waals surface area contributed by atoms with Crippen LogP contribution < -0.4 is 9.64 Å². The van der Waals surface area contributed by atoms with Gasteiger partial charge in [0.15, 0.2) is 6.29 Å². The molecule has 0 spiro atoms. The molecule has 0 atom stereocenters. The van der Waals surface area contributed by atoms with Gasteiger partial charge in [-0.3, -0.25) is 4.79 Å². The number of rotatable bonds is 13. The average molecular weight is 406 g/mol. The summed E-state index contributed by atoms with van der Waals surface area (Å²) >= 11 is 1.42. The number of carbonyl (C=O) groups is 1. The third-order valence-electron chi connectivity index (χ3n) is 4.10. The minimum Gasteiger partial charge on any atom is -0.493 e. The molecule has 2 aromatic rings. The maximum Gasteiger partial charge on any atom is 0.160 e. The van der Waals surface area contributed by atoms with E-state index in [2.05, 4.69) is 0 Å². The molecular weight excluding hydrogens is 378 g/mol. The summed E-state index contributed by atoms with van der Waals surface area (Å²) < 4.78 is 5.93. The van der Waals surface area contributed by atoms with Gasteiger partial charge in [-0.25, -0.2) is 0 Å². The van der Waals surface area contributed by atoms with E-state index in [0.717, 1.165) is 28.8 Å². The van der Waals surface area contributed by atoms with Crippen molar-refractivity contribution in [1.29, 1.82) is 0 Å². The van der Waals surface area contributed by atoms with Crippen molar-refractivity contribution < 1.29 is 24.9 Å². The van der Waals surface area contributed by atoms with E-state index in [-0.39, 0.29) is 19.8 Å². The van der Waals surface area contributed by atoms with E-state index in [1.807, 2.05) is 41.3 Å². The lowest BCUT2D eigenvalue weighted by Crippen LogP contribution is -2.29. The molecule has 0 amide bonds. The molecule has 0 radical (unpaired) electrons. The predicted molar refractivity (Wildman–Crippen MR) is 113 cm³/mol. The Balaban J connectivity index is 2.24. The first-order chi connectivity index (χ1) is 13.7. The Labute approximate surface area is 169 Å². The number of hydrogen-bond acceptors (Lipinski definition) is 7. The van der Waals surface area contributed by atoms with Gasteiger partial charge in [-0.15, -0.1) is 11.3 Å². The number of nitrogens with zero attached hydrogens (tertiary/aromatic N) is 1. The number of hydrogen-bond donors (Lipinski definition) is 3. The minimum absolute atomic E-state index is 0.00815. The zero-order chi connectivity index (χ0) is 20.2. The van der Waals surface area contributed by atoms with Gasteiger partial charge in [0.1, 0.15) is 5.75 Å². The lowest BCUT2D eigenvalue weighted by Gasteiger charge is -2.24. The average Bonchev–Trinajstić information content (AvgIpc) is 3.18. The number of carbonyl (C=O) groups excluding carboxylic acids is 1. The Bertz CT molecular complexity index is 753. The van der Waals surface area contributed by atoms with Crippen LogP contribution in [0.1, 0.15) is 33.0 Å². The van der Waals surface area contributed by atoms with Gasteiger partial charge in [-0.2, -0.15) is 0 Å². The number of unbranched alkanes of at least 4 members (excludes halogenated alkanes) is 1. The molecule has 28 heavy (non-hydrogen) atoms. The molecule has 2 rings (SSSR count). The molecule has 0 unspecified atom stereocenters. The molecule has 1 aromatic carbocycles. The maximum absolute atomic E-state index is 10.8. The fourth-order valence-corrected chi connectivity index (χ4v) is 3.41. The number of thiophene rings is 1. The monoisotopic (exact) mass is 405 g/mol. The maximum atomic E-state index is 10.8. The number of benzene rings is 1. The fraction of sp³-hybridized carbons (Fsp3) is 0.381. The quantitative estimate of drug-likeness (QED) is 0.351. The van der Waals surface area contributed by atoms with Crippen LogP contribution in [0.3, 0.4) is 0 Å². The predicted octanol–water partition coefficient (Wildman–Crippen LogP) is 2.67. The molecule has 0 bridgehead atoms. The second kappa shape index (κ2) is 12.3. The van der Waals surface area contributed by atoms with Crippen molar-refractivity contribution >= 4 is 35.5 Å². The van der Waals surface area contributed by atoms with Crippen molar-refractivity contribution in [1.82, 2.24) is 0 Å². The fourth-order valence-electron chi connectivity index (χ4n) is 2.68. The molecule has 6 nitrogen and oxygen atoms in total. The summed E-state index contributed by atoms with van der Waals surface area (Å²) in [4.78, 5) is 14.4. The first-order valence-electron chi connectivity index (χ1n) is 9.29. The highest BCUT2D eigenvalue weighted by Gasteiger charge is 2.10. The van der Waals surface area contributed by atoms with Gasteiger partial charge in [-0.05, 0) is 49.3 Å². The second-order valence-corrected chi connectivity index (χ2v) is 7.27. The van der Waals surface area contributed by atoms with Crippen molar-refractivity contribution in [2.45, 2.75) is 12.8 Å². The number of aliphatic hydroxyl groups excluding tert-OH is 3. The van der Waals surface area contributed by atoms with Gasteiger partial charge in [0.05, 0.1) is 24.7 Å². The number of aliphatic hydroxyl groups is 3. The molecule has 0 aliphatic carbocycles. The third-order valence-corrected chi connectivity index (χ3v) is 5.08. The summed E-state index contributed by atoms with van der Waals surface area (Å²) in [6.07, 6.45) is 6.13. The first kappa shape index (κ1) is 22.1. The van der Waals surface area contributed by atoms with Crippen molar-refractivity contribution in [3.63, 3.8) is 0 Å². The first-order valence-corrected chi connectivity index (χ1v) is 10.1. The molecular formula is C21H27NO5S. The van der Waals surface area contributed by atoms with E-state index in [4.69, 9.17) is 9.84 Å². The molecule has 152 valence electrons. The van der Waals surface area contributed by atoms with Crippen molar-refractivity contribution in [3.8, 4) is 5.75 Å². The molecule has 0 saturated carbocycles. The summed E-state index contributed by atoms with van der Waals surface area (Å²) in [6.45, 7) is 1.44. The number of aldehydes is 1. The van der Waals surface area contributed by atoms with Crippen LogP contribution in [-0.4, -0.2) is 61.1 Å². The Morgan fingerprint density at radius 2 is 1.68 bits per heavy atom. The molecule has 7 heteroatoms. The summed E-state index contributed by atoms with van der Waals surface area (Å²) in [5.74, 6) is 0.694. The lowest BCUT2D eigenvalue weighted by molar-refractivity contribution is 0.112. The highest BCUT2D eigenvalue weighted by Crippen LogP contribution is 2.28. The zero-order valence-electron chi connectivity index (χ0n) is 15.8. The molecule has 1 heterocycles. The van der Waals surface area contributed by atoms with Crippen molar-refractivity contribution in [2.75, 3.05) is 44.4 Å². The summed E-state index contributed by atoms with van der Waals surface area (Å²) in [5, 5.41) is 27.5. The SMILES string of the molecule is O=Cc1ccc(/C=C/c2ccc(N(CCO)CCO)cc2OCCCCO)s1. The zero-order valence-corrected chi connectivity index (χ0v) is 16.6. The number of ether oxygens (including phenoxy) is 1. The largest absolute Gasteiger partial charge is 0.493 e. The highest BCUT2D eigenvalue weighted by molar-refractivity contribution is 7.14. The van der Waals surface area contributed by atoms with Crippen LogP contribution in [0.15, 0.2) is 30.3 Å². The Hall–Kier alpha value is -2.19.